The molecule has 0 unspecified atom stereocenters. The summed E-state index contributed by atoms with van der Waals surface area (Å²) < 4.78 is 24.1. The number of hydrogen-bond acceptors (Lipinski definition) is 5. The molecule has 6 nitrogen and oxygen atoms in total. The van der Waals surface area contributed by atoms with Gasteiger partial charge in [-0.3, -0.25) is 4.90 Å². The summed E-state index contributed by atoms with van der Waals surface area (Å²) in [5.41, 5.74) is 3.50. The van der Waals surface area contributed by atoms with E-state index >= 15 is 0 Å². The van der Waals surface area contributed by atoms with E-state index in [1.165, 1.54) is 6.26 Å². The molecule has 0 bridgehead atoms. The first-order chi connectivity index (χ1) is 13.3. The number of anilines is 1. The second-order valence-electron chi connectivity index (χ2n) is 7.31. The van der Waals surface area contributed by atoms with Crippen LogP contribution in [0.1, 0.15) is 11.4 Å². The summed E-state index contributed by atoms with van der Waals surface area (Å²) in [6.07, 6.45) is 1.23. The number of nitrogens with zero attached hydrogens (tertiary/aromatic N) is 3. The van der Waals surface area contributed by atoms with E-state index in [1.54, 1.807) is 19.1 Å². The Morgan fingerprint density at radius 1 is 1.14 bits per heavy atom. The monoisotopic (exact) mass is 418 g/mol. The van der Waals surface area contributed by atoms with Gasteiger partial charge in [0.1, 0.15) is 5.82 Å². The van der Waals surface area contributed by atoms with Crippen molar-refractivity contribution in [3.63, 3.8) is 0 Å². The summed E-state index contributed by atoms with van der Waals surface area (Å²) in [5, 5.41) is 0.593. The summed E-state index contributed by atoms with van der Waals surface area (Å²) in [5.74, 6) is 0.961. The maximum Gasteiger partial charge on any atom is 0.175 e. The number of halogens is 1. The van der Waals surface area contributed by atoms with Crippen LogP contribution >= 0.6 is 11.6 Å². The van der Waals surface area contributed by atoms with Crippen LogP contribution in [-0.4, -0.2) is 55.7 Å². The van der Waals surface area contributed by atoms with Gasteiger partial charge in [0, 0.05) is 32.4 Å². The molecular formula is C20H23ClN4O2S. The predicted molar refractivity (Wildman–Crippen MR) is 113 cm³/mol. The molecule has 2 heterocycles. The molecule has 1 saturated heterocycles. The number of nitrogens with one attached hydrogen (secondary N) is 1. The minimum absolute atomic E-state index is 0.344. The molecular weight excluding hydrogens is 396 g/mol. The van der Waals surface area contributed by atoms with Gasteiger partial charge in [-0.05, 0) is 36.8 Å². The molecule has 8 heteroatoms. The van der Waals surface area contributed by atoms with E-state index in [0.29, 0.717) is 15.5 Å². The van der Waals surface area contributed by atoms with E-state index in [2.05, 4.69) is 19.8 Å². The van der Waals surface area contributed by atoms with Gasteiger partial charge in [-0.2, -0.15) is 0 Å². The molecule has 0 atom stereocenters. The van der Waals surface area contributed by atoms with E-state index in [0.717, 1.165) is 55.3 Å². The van der Waals surface area contributed by atoms with Gasteiger partial charge < -0.3 is 9.88 Å². The normalized spacial score (nSPS) is 16.0. The van der Waals surface area contributed by atoms with Crippen molar-refractivity contribution >= 4 is 38.2 Å². The molecule has 1 fully saturated rings. The third kappa shape index (κ3) is 3.87. The Morgan fingerprint density at radius 2 is 1.86 bits per heavy atom. The van der Waals surface area contributed by atoms with Gasteiger partial charge in [0.05, 0.1) is 33.2 Å². The van der Waals surface area contributed by atoms with Crippen LogP contribution in [0.3, 0.4) is 0 Å². The van der Waals surface area contributed by atoms with Crippen molar-refractivity contribution < 1.29 is 8.42 Å². The van der Waals surface area contributed by atoms with Gasteiger partial charge in [0.15, 0.2) is 9.84 Å². The molecule has 0 radical (unpaired) electrons. The highest BCUT2D eigenvalue weighted by Crippen LogP contribution is 2.32. The summed E-state index contributed by atoms with van der Waals surface area (Å²) >= 11 is 6.43. The number of rotatable bonds is 4. The highest BCUT2D eigenvalue weighted by Gasteiger charge is 2.22. The van der Waals surface area contributed by atoms with Crippen LogP contribution in [0.15, 0.2) is 41.3 Å². The second-order valence-corrected chi connectivity index (χ2v) is 9.70. The topological polar surface area (TPSA) is 69.3 Å². The SMILES string of the molecule is Cc1cc(Cl)c(N2CCN(Cc3nc4ccccc4[nH]3)CC2)cc1S(C)(=O)=O. The Hall–Kier alpha value is -2.09. The molecule has 0 spiro atoms. The lowest BCUT2D eigenvalue weighted by atomic mass is 10.2. The molecule has 148 valence electrons. The van der Waals surface area contributed by atoms with Gasteiger partial charge in [0.25, 0.3) is 0 Å². The fourth-order valence-electron chi connectivity index (χ4n) is 3.72. The van der Waals surface area contributed by atoms with Gasteiger partial charge in [-0.25, -0.2) is 13.4 Å². The quantitative estimate of drug-likeness (QED) is 0.704. The third-order valence-electron chi connectivity index (χ3n) is 5.17. The second kappa shape index (κ2) is 7.39. The summed E-state index contributed by atoms with van der Waals surface area (Å²) in [4.78, 5) is 12.9. The lowest BCUT2D eigenvalue weighted by Gasteiger charge is -2.36. The Kier molecular flexibility index (Phi) is 5.07. The summed E-state index contributed by atoms with van der Waals surface area (Å²) in [6.45, 7) is 5.82. The fraction of sp³-hybridized carbons (Fsp3) is 0.350. The molecule has 1 aliphatic heterocycles. The number of sulfone groups is 1. The number of aryl methyl sites for hydroxylation is 1. The summed E-state index contributed by atoms with van der Waals surface area (Å²) in [6, 6.07) is 11.5. The van der Waals surface area contributed by atoms with Crippen LogP contribution in [0.25, 0.3) is 11.0 Å². The Balaban J connectivity index is 1.47. The minimum Gasteiger partial charge on any atom is -0.368 e. The molecule has 1 aliphatic rings. The number of imidazole rings is 1. The molecule has 0 saturated carbocycles. The molecule has 0 aliphatic carbocycles. The predicted octanol–water partition coefficient (Wildman–Crippen LogP) is 3.25. The van der Waals surface area contributed by atoms with E-state index in [4.69, 9.17) is 11.6 Å². The fourth-order valence-corrected chi connectivity index (χ4v) is 5.03. The van der Waals surface area contributed by atoms with Crippen molar-refractivity contribution in [3.8, 4) is 0 Å². The zero-order valence-corrected chi connectivity index (χ0v) is 17.5. The summed E-state index contributed by atoms with van der Waals surface area (Å²) in [7, 11) is -3.28. The molecule has 1 aromatic heterocycles. The van der Waals surface area contributed by atoms with Crippen molar-refractivity contribution in [1.29, 1.82) is 0 Å². The lowest BCUT2D eigenvalue weighted by Crippen LogP contribution is -2.46. The molecule has 3 aromatic rings. The van der Waals surface area contributed by atoms with Crippen LogP contribution in [0.2, 0.25) is 5.02 Å². The number of fused-ring (bicyclic) bond motifs is 1. The van der Waals surface area contributed by atoms with E-state index in [-0.39, 0.29) is 0 Å². The van der Waals surface area contributed by atoms with Gasteiger partial charge in [-0.15, -0.1) is 0 Å². The zero-order valence-electron chi connectivity index (χ0n) is 15.9. The van der Waals surface area contributed by atoms with Gasteiger partial charge >= 0.3 is 0 Å². The number of aromatic nitrogens is 2. The van der Waals surface area contributed by atoms with Crippen LogP contribution in [0.5, 0.6) is 0 Å². The lowest BCUT2D eigenvalue weighted by molar-refractivity contribution is 0.245. The minimum atomic E-state index is -3.28. The molecule has 1 N–H and O–H groups in total. The van der Waals surface area contributed by atoms with Crippen molar-refractivity contribution in [3.05, 3.63) is 52.8 Å². The first-order valence-electron chi connectivity index (χ1n) is 9.22. The maximum absolute atomic E-state index is 12.0. The highest BCUT2D eigenvalue weighted by molar-refractivity contribution is 7.90. The Labute approximate surface area is 170 Å². The molecule has 28 heavy (non-hydrogen) atoms. The average Bonchev–Trinajstić information content (AvgIpc) is 3.04. The molecule has 2 aromatic carbocycles. The van der Waals surface area contributed by atoms with Crippen LogP contribution in [0, 0.1) is 6.92 Å². The number of benzene rings is 2. The van der Waals surface area contributed by atoms with E-state index < -0.39 is 9.84 Å². The number of piperazine rings is 1. The van der Waals surface area contributed by atoms with Crippen molar-refractivity contribution in [2.75, 3.05) is 37.3 Å². The largest absolute Gasteiger partial charge is 0.368 e. The number of aromatic amines is 1. The first-order valence-corrected chi connectivity index (χ1v) is 11.5. The Morgan fingerprint density at radius 3 is 2.54 bits per heavy atom. The highest BCUT2D eigenvalue weighted by atomic mass is 35.5. The van der Waals surface area contributed by atoms with Crippen molar-refractivity contribution in [2.45, 2.75) is 18.4 Å². The van der Waals surface area contributed by atoms with Crippen LogP contribution in [-0.2, 0) is 16.4 Å². The van der Waals surface area contributed by atoms with Crippen molar-refractivity contribution in [2.24, 2.45) is 0 Å². The van der Waals surface area contributed by atoms with Crippen LogP contribution < -0.4 is 4.90 Å². The standard InChI is InChI=1S/C20H23ClN4O2S/c1-14-11-15(21)18(12-19(14)28(2,26)27)25-9-7-24(8-10-25)13-20-22-16-5-3-4-6-17(16)23-20/h3-6,11-12H,7-10,13H2,1-2H3,(H,22,23). The number of para-hydroxylation sites is 2. The Bertz CT molecular complexity index is 1090. The molecule has 0 amide bonds. The molecule has 4 rings (SSSR count). The average molecular weight is 419 g/mol. The zero-order chi connectivity index (χ0) is 19.9. The van der Waals surface area contributed by atoms with Gasteiger partial charge in [-0.1, -0.05) is 23.7 Å². The third-order valence-corrected chi connectivity index (χ3v) is 6.71. The van der Waals surface area contributed by atoms with Crippen LogP contribution in [0.4, 0.5) is 5.69 Å². The first kappa shape index (κ1) is 19.2. The number of hydrogen-bond donors (Lipinski definition) is 1. The smallest absolute Gasteiger partial charge is 0.175 e. The van der Waals surface area contributed by atoms with Crippen molar-refractivity contribution in [1.82, 2.24) is 14.9 Å². The van der Waals surface area contributed by atoms with E-state index in [1.807, 2.05) is 24.3 Å². The van der Waals surface area contributed by atoms with E-state index in [9.17, 15) is 8.42 Å². The maximum atomic E-state index is 12.0. The van der Waals surface area contributed by atoms with Gasteiger partial charge in [0.2, 0.25) is 0 Å². The number of H-pyrrole nitrogens is 1.